The first kappa shape index (κ1) is 17.1. The van der Waals surface area contributed by atoms with Crippen molar-refractivity contribution in [3.63, 3.8) is 0 Å². The zero-order valence-electron chi connectivity index (χ0n) is 14.1. The summed E-state index contributed by atoms with van der Waals surface area (Å²) in [6.07, 6.45) is 4.50. The first-order valence-corrected chi connectivity index (χ1v) is 8.26. The lowest BCUT2D eigenvalue weighted by Crippen LogP contribution is -2.54. The van der Waals surface area contributed by atoms with Gasteiger partial charge < -0.3 is 20.6 Å². The summed E-state index contributed by atoms with van der Waals surface area (Å²) in [4.78, 5) is 26.6. The van der Waals surface area contributed by atoms with Crippen LogP contribution in [-0.2, 0) is 0 Å². The van der Waals surface area contributed by atoms with Crippen molar-refractivity contribution in [1.29, 1.82) is 0 Å². The number of β-amino-alcohol motifs (C(OH)–C–C–N with tert-alkyl or cyclic N) is 1. The van der Waals surface area contributed by atoms with Gasteiger partial charge in [0, 0.05) is 38.9 Å². The number of piperidine rings is 1. The van der Waals surface area contributed by atoms with Crippen LogP contribution in [0.3, 0.4) is 0 Å². The van der Waals surface area contributed by atoms with Crippen molar-refractivity contribution in [2.24, 2.45) is 0 Å². The molecule has 8 nitrogen and oxygen atoms in total. The first-order valence-electron chi connectivity index (χ1n) is 8.26. The van der Waals surface area contributed by atoms with Gasteiger partial charge in [0.1, 0.15) is 23.7 Å². The topological polar surface area (TPSA) is 103 Å². The molecule has 0 aliphatic carbocycles. The Kier molecular flexibility index (Phi) is 5.08. The number of nitrogens with zero attached hydrogens (tertiary/aromatic N) is 4. The van der Waals surface area contributed by atoms with Crippen molar-refractivity contribution in [3.8, 4) is 0 Å². The predicted molar refractivity (Wildman–Crippen MR) is 94.5 cm³/mol. The molecule has 8 heteroatoms. The van der Waals surface area contributed by atoms with Crippen molar-refractivity contribution in [1.82, 2.24) is 20.3 Å². The molecule has 2 aromatic heterocycles. The lowest BCUT2D eigenvalue weighted by Gasteiger charge is -2.39. The van der Waals surface area contributed by atoms with Crippen LogP contribution in [0, 0.1) is 0 Å². The number of carbonyl (C=O) groups excluding carboxylic acids is 1. The molecule has 1 aliphatic heterocycles. The Balaban J connectivity index is 1.64. The molecule has 25 heavy (non-hydrogen) atoms. The maximum atomic E-state index is 12.1. The maximum absolute atomic E-state index is 12.1. The van der Waals surface area contributed by atoms with Gasteiger partial charge >= 0.3 is 0 Å². The number of anilines is 2. The van der Waals surface area contributed by atoms with Crippen LogP contribution in [0.25, 0.3) is 0 Å². The summed E-state index contributed by atoms with van der Waals surface area (Å²) in [7, 11) is 1.80. The van der Waals surface area contributed by atoms with Crippen LogP contribution in [0.1, 0.15) is 23.3 Å². The molecule has 0 spiro atoms. The minimum absolute atomic E-state index is 0.170. The van der Waals surface area contributed by atoms with Crippen LogP contribution in [0.5, 0.6) is 0 Å². The van der Waals surface area contributed by atoms with E-state index in [1.165, 1.54) is 6.33 Å². The third kappa shape index (κ3) is 4.21. The highest BCUT2D eigenvalue weighted by Gasteiger charge is 2.34. The molecule has 3 N–H and O–H groups in total. The first-order chi connectivity index (χ1) is 12.1. The molecule has 1 atom stereocenters. The molecule has 0 bridgehead atoms. The number of pyridine rings is 1. The number of carbonyl (C=O) groups is 1. The number of aromatic nitrogens is 3. The van der Waals surface area contributed by atoms with Crippen LogP contribution in [0.4, 0.5) is 11.6 Å². The molecule has 2 aromatic rings. The van der Waals surface area contributed by atoms with Crippen LogP contribution in [-0.4, -0.2) is 58.2 Å². The standard InChI is InChI=1S/C17H22N6O2/c1-18-14-9-15(22-12-21-14)23-8-4-6-17(25,11-23)10-20-16(24)13-5-2-3-7-19-13/h2-3,5,7,9,12,25H,4,6,8,10-11H2,1H3,(H,20,24)(H,18,21,22). The summed E-state index contributed by atoms with van der Waals surface area (Å²) in [6, 6.07) is 7.00. The van der Waals surface area contributed by atoms with Gasteiger partial charge in [-0.2, -0.15) is 0 Å². The van der Waals surface area contributed by atoms with E-state index in [4.69, 9.17) is 0 Å². The maximum Gasteiger partial charge on any atom is 0.269 e. The van der Waals surface area contributed by atoms with Crippen LogP contribution in [0.15, 0.2) is 36.8 Å². The summed E-state index contributed by atoms with van der Waals surface area (Å²) in [6.45, 7) is 1.37. The molecule has 1 fully saturated rings. The SMILES string of the molecule is CNc1cc(N2CCCC(O)(CNC(=O)c3ccccn3)C2)ncn1. The normalized spacial score (nSPS) is 20.2. The molecule has 0 radical (unpaired) electrons. The van der Waals surface area contributed by atoms with Crippen LogP contribution < -0.4 is 15.5 Å². The summed E-state index contributed by atoms with van der Waals surface area (Å²) < 4.78 is 0. The Morgan fingerprint density at radius 3 is 3.00 bits per heavy atom. The van der Waals surface area contributed by atoms with Gasteiger partial charge in [-0.15, -0.1) is 0 Å². The summed E-state index contributed by atoms with van der Waals surface area (Å²) in [5.41, 5.74) is -0.666. The second-order valence-electron chi connectivity index (χ2n) is 6.16. The van der Waals surface area contributed by atoms with Crippen molar-refractivity contribution < 1.29 is 9.90 Å². The highest BCUT2D eigenvalue weighted by molar-refractivity contribution is 5.92. The van der Waals surface area contributed by atoms with E-state index in [2.05, 4.69) is 25.6 Å². The fourth-order valence-corrected chi connectivity index (χ4v) is 2.94. The van der Waals surface area contributed by atoms with Crippen molar-refractivity contribution in [3.05, 3.63) is 42.5 Å². The van der Waals surface area contributed by atoms with E-state index in [1.807, 2.05) is 11.0 Å². The molecule has 1 amide bonds. The average Bonchev–Trinajstić information content (AvgIpc) is 2.67. The van der Waals surface area contributed by atoms with Gasteiger partial charge in [-0.05, 0) is 25.0 Å². The fourth-order valence-electron chi connectivity index (χ4n) is 2.94. The van der Waals surface area contributed by atoms with E-state index < -0.39 is 5.60 Å². The van der Waals surface area contributed by atoms with Gasteiger partial charge in [0.25, 0.3) is 5.91 Å². The Bertz CT molecular complexity index is 726. The van der Waals surface area contributed by atoms with Gasteiger partial charge in [-0.25, -0.2) is 9.97 Å². The third-order valence-electron chi connectivity index (χ3n) is 4.26. The second kappa shape index (κ2) is 7.43. The highest BCUT2D eigenvalue weighted by Crippen LogP contribution is 2.25. The predicted octanol–water partition coefficient (Wildman–Crippen LogP) is 0.675. The van der Waals surface area contributed by atoms with Gasteiger partial charge in [0.05, 0.1) is 5.60 Å². The fraction of sp³-hybridized carbons (Fsp3) is 0.412. The molecule has 132 valence electrons. The molecular weight excluding hydrogens is 320 g/mol. The molecule has 0 saturated carbocycles. The number of nitrogens with one attached hydrogen (secondary N) is 2. The summed E-state index contributed by atoms with van der Waals surface area (Å²) in [5, 5.41) is 16.7. The van der Waals surface area contributed by atoms with Crippen LogP contribution in [0.2, 0.25) is 0 Å². The van der Waals surface area contributed by atoms with Crippen molar-refractivity contribution in [2.45, 2.75) is 18.4 Å². The van der Waals surface area contributed by atoms with Gasteiger partial charge in [-0.1, -0.05) is 6.07 Å². The Morgan fingerprint density at radius 2 is 2.24 bits per heavy atom. The lowest BCUT2D eigenvalue weighted by atomic mass is 9.92. The monoisotopic (exact) mass is 342 g/mol. The smallest absolute Gasteiger partial charge is 0.269 e. The van der Waals surface area contributed by atoms with E-state index in [0.717, 1.165) is 24.6 Å². The van der Waals surface area contributed by atoms with Crippen molar-refractivity contribution in [2.75, 3.05) is 36.9 Å². The Morgan fingerprint density at radius 1 is 1.36 bits per heavy atom. The summed E-state index contributed by atoms with van der Waals surface area (Å²) >= 11 is 0. The highest BCUT2D eigenvalue weighted by atomic mass is 16.3. The number of rotatable bonds is 5. The van der Waals surface area contributed by atoms with E-state index in [-0.39, 0.29) is 12.5 Å². The van der Waals surface area contributed by atoms with E-state index in [9.17, 15) is 9.90 Å². The molecule has 3 heterocycles. The third-order valence-corrected chi connectivity index (χ3v) is 4.26. The van der Waals surface area contributed by atoms with Crippen LogP contribution >= 0.6 is 0 Å². The van der Waals surface area contributed by atoms with Gasteiger partial charge in [-0.3, -0.25) is 9.78 Å². The quantitative estimate of drug-likeness (QED) is 0.734. The minimum atomic E-state index is -1.01. The molecule has 0 aromatic carbocycles. The van der Waals surface area contributed by atoms with Gasteiger partial charge in [0.15, 0.2) is 0 Å². The lowest BCUT2D eigenvalue weighted by molar-refractivity contribution is 0.0253. The van der Waals surface area contributed by atoms with Crippen molar-refractivity contribution >= 4 is 17.5 Å². The Hall–Kier alpha value is -2.74. The zero-order valence-corrected chi connectivity index (χ0v) is 14.1. The van der Waals surface area contributed by atoms with E-state index in [0.29, 0.717) is 18.7 Å². The molecular formula is C17H22N6O2. The minimum Gasteiger partial charge on any atom is -0.386 e. The van der Waals surface area contributed by atoms with Gasteiger partial charge in [0.2, 0.25) is 0 Å². The molecule has 1 unspecified atom stereocenters. The number of aliphatic hydroxyl groups is 1. The van der Waals surface area contributed by atoms with E-state index >= 15 is 0 Å². The number of hydrogen-bond donors (Lipinski definition) is 3. The summed E-state index contributed by atoms with van der Waals surface area (Å²) in [5.74, 6) is 1.20. The molecule has 1 aliphatic rings. The van der Waals surface area contributed by atoms with E-state index in [1.54, 1.807) is 31.4 Å². The number of amides is 1. The number of hydrogen-bond acceptors (Lipinski definition) is 7. The molecule has 3 rings (SSSR count). The molecule has 1 saturated heterocycles. The largest absolute Gasteiger partial charge is 0.386 e. The second-order valence-corrected chi connectivity index (χ2v) is 6.16. The average molecular weight is 342 g/mol. The zero-order chi connectivity index (χ0) is 17.7. The Labute approximate surface area is 146 Å².